The minimum Gasteiger partial charge on any atom is -0.351 e. The summed E-state index contributed by atoms with van der Waals surface area (Å²) in [5, 5.41) is 11.8. The summed E-state index contributed by atoms with van der Waals surface area (Å²) < 4.78 is 1.96. The molecular weight excluding hydrogens is 296 g/mol. The lowest BCUT2D eigenvalue weighted by atomic mass is 10.1. The highest BCUT2D eigenvalue weighted by Gasteiger charge is 2.23. The van der Waals surface area contributed by atoms with E-state index in [1.54, 1.807) is 0 Å². The van der Waals surface area contributed by atoms with Gasteiger partial charge in [-0.1, -0.05) is 30.0 Å². The summed E-state index contributed by atoms with van der Waals surface area (Å²) >= 11 is 1.41. The Hall–Kier alpha value is -1.82. The summed E-state index contributed by atoms with van der Waals surface area (Å²) in [6.07, 6.45) is 0. The Bertz CT molecular complexity index is 646. The molecule has 0 saturated carbocycles. The highest BCUT2D eigenvalue weighted by molar-refractivity contribution is 8.00. The van der Waals surface area contributed by atoms with E-state index in [4.69, 9.17) is 0 Å². The van der Waals surface area contributed by atoms with Gasteiger partial charge in [-0.05, 0) is 46.8 Å². The predicted octanol–water partition coefficient (Wildman–Crippen LogP) is 2.97. The first-order valence-electron chi connectivity index (χ1n) is 7.24. The van der Waals surface area contributed by atoms with Crippen LogP contribution in [0.5, 0.6) is 0 Å². The molecule has 1 N–H and O–H groups in total. The molecule has 0 spiro atoms. The minimum absolute atomic E-state index is 0.00207. The fraction of sp³-hybridized carbons (Fsp3) is 0.438. The van der Waals surface area contributed by atoms with E-state index < -0.39 is 0 Å². The molecule has 1 aromatic carbocycles. The Labute approximate surface area is 135 Å². The van der Waals surface area contributed by atoms with Crippen LogP contribution in [0.3, 0.4) is 0 Å². The number of nitrogens with one attached hydrogen (secondary N) is 1. The van der Waals surface area contributed by atoms with E-state index in [-0.39, 0.29) is 16.7 Å². The number of hydrogen-bond acceptors (Lipinski definition) is 4. The first kappa shape index (κ1) is 16.5. The highest BCUT2D eigenvalue weighted by atomic mass is 32.2. The van der Waals surface area contributed by atoms with Crippen molar-refractivity contribution in [3.8, 4) is 5.69 Å². The number of aromatic nitrogens is 3. The smallest absolute Gasteiger partial charge is 0.233 e. The molecule has 0 unspecified atom stereocenters. The van der Waals surface area contributed by atoms with E-state index in [1.165, 1.54) is 11.8 Å². The molecule has 118 valence electrons. The normalized spacial score (nSPS) is 13.0. The van der Waals surface area contributed by atoms with Crippen LogP contribution in [0, 0.1) is 6.92 Å². The molecule has 1 amide bonds. The van der Waals surface area contributed by atoms with Crippen LogP contribution in [0.1, 0.15) is 33.5 Å². The average Bonchev–Trinajstić information content (AvgIpc) is 2.78. The van der Waals surface area contributed by atoms with Crippen molar-refractivity contribution in [2.75, 3.05) is 0 Å². The maximum absolute atomic E-state index is 12.2. The van der Waals surface area contributed by atoms with Crippen LogP contribution in [0.4, 0.5) is 0 Å². The standard InChI is InChI=1S/C16H22N4OS/c1-11(14(21)17-16(3,4)5)22-15-19-18-12(2)20(15)13-9-7-6-8-10-13/h6-11H,1-5H3,(H,17,21)/t11-/m1/s1. The van der Waals surface area contributed by atoms with Gasteiger partial charge < -0.3 is 5.32 Å². The fourth-order valence-corrected chi connectivity index (χ4v) is 2.89. The molecule has 5 nitrogen and oxygen atoms in total. The summed E-state index contributed by atoms with van der Waals surface area (Å²) in [4.78, 5) is 12.2. The van der Waals surface area contributed by atoms with Gasteiger partial charge in [-0.2, -0.15) is 0 Å². The van der Waals surface area contributed by atoms with Crippen LogP contribution in [0.25, 0.3) is 5.69 Å². The number of carbonyl (C=O) groups excluding carboxylic acids is 1. The Morgan fingerprint density at radius 1 is 1.23 bits per heavy atom. The van der Waals surface area contributed by atoms with Gasteiger partial charge in [-0.25, -0.2) is 0 Å². The number of para-hydroxylation sites is 1. The largest absolute Gasteiger partial charge is 0.351 e. The Morgan fingerprint density at radius 2 is 1.86 bits per heavy atom. The molecule has 1 aromatic heterocycles. The van der Waals surface area contributed by atoms with Crippen LogP contribution < -0.4 is 5.32 Å². The molecule has 6 heteroatoms. The lowest BCUT2D eigenvalue weighted by Gasteiger charge is -2.22. The molecular formula is C16H22N4OS. The Balaban J connectivity index is 2.19. The first-order valence-corrected chi connectivity index (χ1v) is 8.12. The second-order valence-electron chi connectivity index (χ2n) is 6.20. The number of hydrogen-bond donors (Lipinski definition) is 1. The fourth-order valence-electron chi connectivity index (χ4n) is 1.98. The van der Waals surface area contributed by atoms with Crippen LogP contribution in [-0.2, 0) is 4.79 Å². The van der Waals surface area contributed by atoms with Gasteiger partial charge in [-0.3, -0.25) is 9.36 Å². The average molecular weight is 318 g/mol. The molecule has 0 saturated heterocycles. The van der Waals surface area contributed by atoms with Crippen molar-refractivity contribution in [1.29, 1.82) is 0 Å². The second kappa shape index (κ2) is 6.52. The summed E-state index contributed by atoms with van der Waals surface area (Å²) in [6.45, 7) is 9.70. The zero-order valence-electron chi connectivity index (χ0n) is 13.6. The van der Waals surface area contributed by atoms with Gasteiger partial charge in [0.25, 0.3) is 0 Å². The molecule has 0 radical (unpaired) electrons. The van der Waals surface area contributed by atoms with E-state index in [0.717, 1.165) is 16.7 Å². The summed E-state index contributed by atoms with van der Waals surface area (Å²) in [5.74, 6) is 0.801. The number of carbonyl (C=O) groups is 1. The van der Waals surface area contributed by atoms with E-state index in [2.05, 4.69) is 15.5 Å². The van der Waals surface area contributed by atoms with Gasteiger partial charge in [0.05, 0.1) is 5.25 Å². The zero-order valence-corrected chi connectivity index (χ0v) is 14.4. The van der Waals surface area contributed by atoms with Crippen molar-refractivity contribution in [2.45, 2.75) is 50.6 Å². The van der Waals surface area contributed by atoms with Crippen molar-refractivity contribution in [3.63, 3.8) is 0 Å². The topological polar surface area (TPSA) is 59.8 Å². The van der Waals surface area contributed by atoms with Crippen molar-refractivity contribution < 1.29 is 4.79 Å². The third-order valence-corrected chi connectivity index (χ3v) is 4.00. The van der Waals surface area contributed by atoms with Crippen molar-refractivity contribution in [1.82, 2.24) is 20.1 Å². The maximum Gasteiger partial charge on any atom is 0.233 e. The number of nitrogens with zero attached hydrogens (tertiary/aromatic N) is 3. The van der Waals surface area contributed by atoms with Crippen LogP contribution in [-0.4, -0.2) is 31.5 Å². The Kier molecular flexibility index (Phi) is 4.90. The third-order valence-electron chi connectivity index (χ3n) is 2.96. The number of amides is 1. The van der Waals surface area contributed by atoms with Crippen LogP contribution >= 0.6 is 11.8 Å². The molecule has 0 aliphatic heterocycles. The van der Waals surface area contributed by atoms with E-state index in [9.17, 15) is 4.79 Å². The van der Waals surface area contributed by atoms with E-state index in [0.29, 0.717) is 0 Å². The SMILES string of the molecule is Cc1nnc(S[C@H](C)C(=O)NC(C)(C)C)n1-c1ccccc1. The van der Waals surface area contributed by atoms with Gasteiger partial charge in [0, 0.05) is 11.2 Å². The summed E-state index contributed by atoms with van der Waals surface area (Å²) in [7, 11) is 0. The minimum atomic E-state index is -0.245. The number of aryl methyl sites for hydroxylation is 1. The van der Waals surface area contributed by atoms with Gasteiger partial charge in [0.15, 0.2) is 5.16 Å². The lowest BCUT2D eigenvalue weighted by Crippen LogP contribution is -2.44. The van der Waals surface area contributed by atoms with Gasteiger partial charge in [0.1, 0.15) is 5.82 Å². The lowest BCUT2D eigenvalue weighted by molar-refractivity contribution is -0.121. The molecule has 1 atom stereocenters. The number of rotatable bonds is 4. The monoisotopic (exact) mass is 318 g/mol. The van der Waals surface area contributed by atoms with E-state index >= 15 is 0 Å². The first-order chi connectivity index (χ1) is 10.3. The quantitative estimate of drug-likeness (QED) is 0.881. The van der Waals surface area contributed by atoms with Gasteiger partial charge in [-0.15, -0.1) is 10.2 Å². The zero-order chi connectivity index (χ0) is 16.3. The summed E-state index contributed by atoms with van der Waals surface area (Å²) in [6, 6.07) is 9.91. The molecule has 0 aliphatic rings. The maximum atomic E-state index is 12.2. The van der Waals surface area contributed by atoms with Gasteiger partial charge in [0.2, 0.25) is 5.91 Å². The molecule has 0 fully saturated rings. The molecule has 0 aliphatic carbocycles. The van der Waals surface area contributed by atoms with Crippen LogP contribution in [0.2, 0.25) is 0 Å². The molecule has 1 heterocycles. The van der Waals surface area contributed by atoms with Gasteiger partial charge >= 0.3 is 0 Å². The van der Waals surface area contributed by atoms with Crippen molar-refractivity contribution in [3.05, 3.63) is 36.2 Å². The molecule has 22 heavy (non-hydrogen) atoms. The van der Waals surface area contributed by atoms with Crippen molar-refractivity contribution >= 4 is 17.7 Å². The Morgan fingerprint density at radius 3 is 2.45 bits per heavy atom. The molecule has 0 bridgehead atoms. The van der Waals surface area contributed by atoms with Crippen LogP contribution in [0.15, 0.2) is 35.5 Å². The summed E-state index contributed by atoms with van der Waals surface area (Å²) in [5.41, 5.74) is 0.755. The predicted molar refractivity (Wildman–Crippen MR) is 89.3 cm³/mol. The highest BCUT2D eigenvalue weighted by Crippen LogP contribution is 2.25. The number of thioether (sulfide) groups is 1. The second-order valence-corrected chi connectivity index (χ2v) is 7.51. The third kappa shape index (κ3) is 4.10. The molecule has 2 rings (SSSR count). The van der Waals surface area contributed by atoms with E-state index in [1.807, 2.05) is 69.5 Å². The number of benzene rings is 1. The molecule has 2 aromatic rings. The van der Waals surface area contributed by atoms with Crippen molar-refractivity contribution in [2.24, 2.45) is 0 Å².